The fourth-order valence-corrected chi connectivity index (χ4v) is 2.35. The zero-order chi connectivity index (χ0) is 15.0. The van der Waals surface area contributed by atoms with Crippen molar-refractivity contribution in [2.24, 2.45) is 0 Å². The third-order valence-electron chi connectivity index (χ3n) is 3.49. The molecule has 1 heterocycles. The summed E-state index contributed by atoms with van der Waals surface area (Å²) in [5.41, 5.74) is 2.40. The monoisotopic (exact) mass is 278 g/mol. The van der Waals surface area contributed by atoms with E-state index in [0.717, 1.165) is 38.4 Å². The van der Waals surface area contributed by atoms with Crippen molar-refractivity contribution in [2.75, 3.05) is 33.7 Å². The lowest BCUT2D eigenvalue weighted by atomic mass is 10.2. The second-order valence-corrected chi connectivity index (χ2v) is 5.61. The Kier molecular flexibility index (Phi) is 7.73. The molecule has 0 spiro atoms. The molecule has 0 aliphatic rings. The second kappa shape index (κ2) is 9.06. The van der Waals surface area contributed by atoms with E-state index in [-0.39, 0.29) is 0 Å². The van der Waals surface area contributed by atoms with Gasteiger partial charge in [0.05, 0.1) is 5.69 Å². The number of rotatable bonds is 9. The molecular formula is C16H30N4. The van der Waals surface area contributed by atoms with Crippen LogP contribution in [0.25, 0.3) is 0 Å². The summed E-state index contributed by atoms with van der Waals surface area (Å²) in [6.45, 7) is 11.6. The van der Waals surface area contributed by atoms with Gasteiger partial charge in [-0.25, -0.2) is 0 Å². The first-order chi connectivity index (χ1) is 9.56. The molecule has 1 rings (SSSR count). The topological polar surface area (TPSA) is 31.4 Å². The van der Waals surface area contributed by atoms with Gasteiger partial charge in [0, 0.05) is 31.9 Å². The van der Waals surface area contributed by atoms with Gasteiger partial charge in [0.15, 0.2) is 0 Å². The van der Waals surface area contributed by atoms with Crippen LogP contribution in [-0.4, -0.2) is 54.6 Å². The SMILES string of the molecule is CCNCc1ccc(CN(CC)C(C)CN(C)C)nc1. The van der Waals surface area contributed by atoms with Crippen LogP contribution in [0.4, 0.5) is 0 Å². The molecule has 114 valence electrons. The van der Waals surface area contributed by atoms with Gasteiger partial charge in [-0.3, -0.25) is 9.88 Å². The Labute approximate surface area is 124 Å². The molecule has 1 N–H and O–H groups in total. The van der Waals surface area contributed by atoms with Crippen molar-refractivity contribution >= 4 is 0 Å². The van der Waals surface area contributed by atoms with E-state index in [1.54, 1.807) is 0 Å². The Morgan fingerprint density at radius 3 is 2.50 bits per heavy atom. The summed E-state index contributed by atoms with van der Waals surface area (Å²) >= 11 is 0. The minimum Gasteiger partial charge on any atom is -0.313 e. The van der Waals surface area contributed by atoms with Crippen LogP contribution in [0.1, 0.15) is 32.0 Å². The molecule has 1 unspecified atom stereocenters. The van der Waals surface area contributed by atoms with E-state index in [9.17, 15) is 0 Å². The van der Waals surface area contributed by atoms with Crippen LogP contribution in [0.3, 0.4) is 0 Å². The minimum atomic E-state index is 0.540. The van der Waals surface area contributed by atoms with Crippen LogP contribution in [0.5, 0.6) is 0 Å². The Hall–Kier alpha value is -0.970. The number of pyridine rings is 1. The lowest BCUT2D eigenvalue weighted by Gasteiger charge is -2.29. The zero-order valence-corrected chi connectivity index (χ0v) is 13.7. The van der Waals surface area contributed by atoms with E-state index < -0.39 is 0 Å². The van der Waals surface area contributed by atoms with E-state index >= 15 is 0 Å². The Morgan fingerprint density at radius 1 is 1.25 bits per heavy atom. The summed E-state index contributed by atoms with van der Waals surface area (Å²) in [5, 5.41) is 3.32. The third-order valence-corrected chi connectivity index (χ3v) is 3.49. The average molecular weight is 278 g/mol. The molecule has 0 fully saturated rings. The molecular weight excluding hydrogens is 248 g/mol. The molecule has 0 aliphatic carbocycles. The largest absolute Gasteiger partial charge is 0.313 e. The van der Waals surface area contributed by atoms with Crippen molar-refractivity contribution in [2.45, 2.75) is 39.9 Å². The van der Waals surface area contributed by atoms with Crippen molar-refractivity contribution in [3.63, 3.8) is 0 Å². The van der Waals surface area contributed by atoms with Gasteiger partial charge in [0.1, 0.15) is 0 Å². The summed E-state index contributed by atoms with van der Waals surface area (Å²) in [6.07, 6.45) is 1.99. The average Bonchev–Trinajstić information content (AvgIpc) is 2.42. The van der Waals surface area contributed by atoms with Crippen molar-refractivity contribution in [1.29, 1.82) is 0 Å². The van der Waals surface area contributed by atoms with E-state index in [4.69, 9.17) is 0 Å². The predicted octanol–water partition coefficient (Wildman–Crippen LogP) is 1.96. The third kappa shape index (κ3) is 5.99. The highest BCUT2D eigenvalue weighted by Gasteiger charge is 2.13. The molecule has 0 aromatic carbocycles. The summed E-state index contributed by atoms with van der Waals surface area (Å²) in [6, 6.07) is 4.87. The van der Waals surface area contributed by atoms with Gasteiger partial charge in [-0.05, 0) is 45.7 Å². The normalized spacial score (nSPS) is 13.2. The van der Waals surface area contributed by atoms with Crippen molar-refractivity contribution < 1.29 is 0 Å². The molecule has 0 saturated heterocycles. The van der Waals surface area contributed by atoms with Gasteiger partial charge in [-0.15, -0.1) is 0 Å². The molecule has 4 nitrogen and oxygen atoms in total. The molecule has 1 aromatic heterocycles. The Morgan fingerprint density at radius 2 is 2.00 bits per heavy atom. The van der Waals surface area contributed by atoms with E-state index in [1.807, 2.05) is 6.20 Å². The first kappa shape index (κ1) is 17.1. The number of nitrogens with zero attached hydrogens (tertiary/aromatic N) is 3. The molecule has 4 heteroatoms. The van der Waals surface area contributed by atoms with Gasteiger partial charge in [0.25, 0.3) is 0 Å². The number of hydrogen-bond acceptors (Lipinski definition) is 4. The van der Waals surface area contributed by atoms with Gasteiger partial charge in [-0.1, -0.05) is 19.9 Å². The van der Waals surface area contributed by atoms with E-state index in [1.165, 1.54) is 5.56 Å². The number of likely N-dealkylation sites (N-methyl/N-ethyl adjacent to an activating group) is 2. The molecule has 0 radical (unpaired) electrons. The van der Waals surface area contributed by atoms with Gasteiger partial charge in [0.2, 0.25) is 0 Å². The summed E-state index contributed by atoms with van der Waals surface area (Å²) in [5.74, 6) is 0. The van der Waals surface area contributed by atoms with Crippen molar-refractivity contribution in [3.05, 3.63) is 29.6 Å². The first-order valence-electron chi connectivity index (χ1n) is 7.60. The number of aromatic nitrogens is 1. The predicted molar refractivity (Wildman–Crippen MR) is 85.7 cm³/mol. The lowest BCUT2D eigenvalue weighted by molar-refractivity contribution is 0.172. The maximum atomic E-state index is 4.59. The van der Waals surface area contributed by atoms with Gasteiger partial charge >= 0.3 is 0 Å². The van der Waals surface area contributed by atoms with Crippen LogP contribution < -0.4 is 5.32 Å². The highest BCUT2D eigenvalue weighted by Crippen LogP contribution is 2.08. The lowest BCUT2D eigenvalue weighted by Crippen LogP contribution is -2.39. The Bertz CT molecular complexity index is 361. The molecule has 1 aromatic rings. The maximum Gasteiger partial charge on any atom is 0.0544 e. The summed E-state index contributed by atoms with van der Waals surface area (Å²) in [4.78, 5) is 9.29. The quantitative estimate of drug-likeness (QED) is 0.748. The van der Waals surface area contributed by atoms with E-state index in [0.29, 0.717) is 6.04 Å². The fourth-order valence-electron chi connectivity index (χ4n) is 2.35. The molecule has 0 bridgehead atoms. The van der Waals surface area contributed by atoms with Crippen LogP contribution in [-0.2, 0) is 13.1 Å². The molecule has 20 heavy (non-hydrogen) atoms. The maximum absolute atomic E-state index is 4.59. The molecule has 0 aliphatic heterocycles. The molecule has 1 atom stereocenters. The standard InChI is InChI=1S/C16H30N4/c1-6-17-10-15-8-9-16(18-11-15)13-20(7-2)14(3)12-19(4)5/h8-9,11,14,17H,6-7,10,12-13H2,1-5H3. The van der Waals surface area contributed by atoms with Crippen molar-refractivity contribution in [1.82, 2.24) is 20.1 Å². The van der Waals surface area contributed by atoms with E-state index in [2.05, 4.69) is 67.1 Å². The van der Waals surface area contributed by atoms with Crippen LogP contribution in [0, 0.1) is 0 Å². The summed E-state index contributed by atoms with van der Waals surface area (Å²) in [7, 11) is 4.25. The minimum absolute atomic E-state index is 0.540. The van der Waals surface area contributed by atoms with Crippen LogP contribution in [0.15, 0.2) is 18.3 Å². The fraction of sp³-hybridized carbons (Fsp3) is 0.688. The zero-order valence-electron chi connectivity index (χ0n) is 13.7. The van der Waals surface area contributed by atoms with Crippen LogP contribution in [0.2, 0.25) is 0 Å². The summed E-state index contributed by atoms with van der Waals surface area (Å²) < 4.78 is 0. The highest BCUT2D eigenvalue weighted by atomic mass is 15.2. The highest BCUT2D eigenvalue weighted by molar-refractivity contribution is 5.14. The van der Waals surface area contributed by atoms with Crippen molar-refractivity contribution in [3.8, 4) is 0 Å². The number of hydrogen-bond donors (Lipinski definition) is 1. The smallest absolute Gasteiger partial charge is 0.0544 e. The van der Waals surface area contributed by atoms with Gasteiger partial charge < -0.3 is 10.2 Å². The second-order valence-electron chi connectivity index (χ2n) is 5.61. The van der Waals surface area contributed by atoms with Crippen LogP contribution >= 0.6 is 0 Å². The van der Waals surface area contributed by atoms with Gasteiger partial charge in [-0.2, -0.15) is 0 Å². The molecule has 0 amide bonds. The number of nitrogens with one attached hydrogen (secondary N) is 1. The Balaban J connectivity index is 2.56. The molecule has 0 saturated carbocycles. The first-order valence-corrected chi connectivity index (χ1v) is 7.60.